The average molecular weight is 425 g/mol. The predicted octanol–water partition coefficient (Wildman–Crippen LogP) is 2.69. The smallest absolute Gasteiger partial charge is 0.227 e. The number of aromatic amines is 1. The monoisotopic (exact) mass is 424 g/mol. The van der Waals surface area contributed by atoms with E-state index in [2.05, 4.69) is 18.0 Å². The number of nitrogens with zero attached hydrogens (tertiary/aromatic N) is 3. The number of aryl methyl sites for hydroxylation is 1. The highest BCUT2D eigenvalue weighted by atomic mass is 16.2. The number of aromatic nitrogens is 1. The minimum atomic E-state index is -0.166. The molecule has 4 rings (SSSR count). The van der Waals surface area contributed by atoms with Crippen molar-refractivity contribution in [3.05, 3.63) is 35.5 Å². The zero-order valence-electron chi connectivity index (χ0n) is 18.5. The maximum Gasteiger partial charge on any atom is 0.227 e. The van der Waals surface area contributed by atoms with Gasteiger partial charge in [-0.1, -0.05) is 18.2 Å². The summed E-state index contributed by atoms with van der Waals surface area (Å²) in [6.07, 6.45) is 3.36. The quantitative estimate of drug-likeness (QED) is 0.742. The lowest BCUT2D eigenvalue weighted by atomic mass is 9.95. The van der Waals surface area contributed by atoms with Crippen molar-refractivity contribution in [2.24, 2.45) is 5.92 Å². The second-order valence-electron chi connectivity index (χ2n) is 8.88. The first-order chi connectivity index (χ1) is 14.9. The van der Waals surface area contributed by atoms with Crippen molar-refractivity contribution >= 4 is 28.6 Å². The summed E-state index contributed by atoms with van der Waals surface area (Å²) in [7, 11) is 1.84. The second kappa shape index (κ2) is 9.12. The van der Waals surface area contributed by atoms with Gasteiger partial charge in [-0.05, 0) is 37.8 Å². The first kappa shape index (κ1) is 21.4. The number of carbonyl (C=O) groups excluding carboxylic acids is 3. The molecule has 1 N–H and O–H groups in total. The molecule has 1 aromatic carbocycles. The Labute approximate surface area is 183 Å². The number of rotatable bonds is 7. The molecule has 0 bridgehead atoms. The number of nitrogens with one attached hydrogen (secondary N) is 1. The van der Waals surface area contributed by atoms with E-state index < -0.39 is 0 Å². The lowest BCUT2D eigenvalue weighted by Gasteiger charge is -2.34. The third-order valence-corrected chi connectivity index (χ3v) is 6.72. The van der Waals surface area contributed by atoms with Crippen molar-refractivity contribution in [3.8, 4) is 0 Å². The van der Waals surface area contributed by atoms with E-state index in [1.807, 2.05) is 35.0 Å². The van der Waals surface area contributed by atoms with Crippen LogP contribution in [0.3, 0.4) is 0 Å². The second-order valence-corrected chi connectivity index (χ2v) is 8.88. The highest BCUT2D eigenvalue weighted by Crippen LogP contribution is 2.24. The third kappa shape index (κ3) is 4.60. The molecule has 2 aromatic rings. The first-order valence-corrected chi connectivity index (χ1v) is 11.3. The zero-order chi connectivity index (χ0) is 22.0. The van der Waals surface area contributed by atoms with Crippen LogP contribution in [0.2, 0.25) is 0 Å². The van der Waals surface area contributed by atoms with Crippen molar-refractivity contribution < 1.29 is 14.4 Å². The van der Waals surface area contributed by atoms with Gasteiger partial charge in [0.15, 0.2) is 0 Å². The lowest BCUT2D eigenvalue weighted by Crippen LogP contribution is -2.46. The van der Waals surface area contributed by atoms with Gasteiger partial charge in [-0.15, -0.1) is 0 Å². The van der Waals surface area contributed by atoms with Gasteiger partial charge in [-0.2, -0.15) is 0 Å². The molecule has 2 aliphatic heterocycles. The molecular weight excluding hydrogens is 392 g/mol. The van der Waals surface area contributed by atoms with E-state index in [4.69, 9.17) is 0 Å². The molecule has 0 spiro atoms. The number of benzene rings is 1. The highest BCUT2D eigenvalue weighted by molar-refractivity contribution is 5.86. The molecule has 1 atom stereocenters. The van der Waals surface area contributed by atoms with E-state index in [0.29, 0.717) is 45.4 Å². The Morgan fingerprint density at radius 3 is 2.61 bits per heavy atom. The Hall–Kier alpha value is -2.83. The third-order valence-electron chi connectivity index (χ3n) is 6.72. The summed E-state index contributed by atoms with van der Waals surface area (Å²) in [6, 6.07) is 8.17. The number of fused-ring (bicyclic) bond motifs is 1. The molecular formula is C24H32N4O3. The largest absolute Gasteiger partial charge is 0.357 e. The fourth-order valence-electron chi connectivity index (χ4n) is 4.85. The van der Waals surface area contributed by atoms with Gasteiger partial charge in [0, 0.05) is 62.7 Å². The van der Waals surface area contributed by atoms with Crippen LogP contribution in [0, 0.1) is 12.8 Å². The summed E-state index contributed by atoms with van der Waals surface area (Å²) < 4.78 is 0. The average Bonchev–Trinajstić information content (AvgIpc) is 3.32. The number of H-pyrrole nitrogens is 1. The predicted molar refractivity (Wildman–Crippen MR) is 119 cm³/mol. The number of amides is 3. The van der Waals surface area contributed by atoms with Crippen molar-refractivity contribution in [1.82, 2.24) is 19.7 Å². The van der Waals surface area contributed by atoms with Crippen LogP contribution in [0.15, 0.2) is 24.3 Å². The van der Waals surface area contributed by atoms with Gasteiger partial charge in [0.2, 0.25) is 17.7 Å². The normalized spacial score (nSPS) is 19.5. The van der Waals surface area contributed by atoms with E-state index in [0.717, 1.165) is 30.6 Å². The molecule has 1 unspecified atom stereocenters. The number of para-hydroxylation sites is 1. The number of piperidine rings is 1. The van der Waals surface area contributed by atoms with Gasteiger partial charge < -0.3 is 19.7 Å². The lowest BCUT2D eigenvalue weighted by molar-refractivity contribution is -0.142. The van der Waals surface area contributed by atoms with E-state index in [9.17, 15) is 14.4 Å². The first-order valence-electron chi connectivity index (χ1n) is 11.3. The molecule has 0 saturated carbocycles. The van der Waals surface area contributed by atoms with Crippen LogP contribution >= 0.6 is 0 Å². The van der Waals surface area contributed by atoms with Crippen LogP contribution in [0.1, 0.15) is 43.4 Å². The summed E-state index contributed by atoms with van der Waals surface area (Å²) in [5, 5.41) is 1.18. The van der Waals surface area contributed by atoms with Crippen molar-refractivity contribution in [2.45, 2.75) is 45.6 Å². The van der Waals surface area contributed by atoms with Crippen molar-refractivity contribution in [1.29, 1.82) is 0 Å². The van der Waals surface area contributed by atoms with Gasteiger partial charge in [-0.3, -0.25) is 14.4 Å². The molecule has 7 heteroatoms. The van der Waals surface area contributed by atoms with Gasteiger partial charge in [-0.25, -0.2) is 0 Å². The van der Waals surface area contributed by atoms with Crippen molar-refractivity contribution in [2.75, 3.05) is 33.2 Å². The summed E-state index contributed by atoms with van der Waals surface area (Å²) in [4.78, 5) is 46.2. The topological polar surface area (TPSA) is 76.7 Å². The Morgan fingerprint density at radius 1 is 1.13 bits per heavy atom. The van der Waals surface area contributed by atoms with Gasteiger partial charge in [0.25, 0.3) is 0 Å². The summed E-state index contributed by atoms with van der Waals surface area (Å²) in [6.45, 7) is 5.21. The standard InChI is InChI=1S/C24H32N4O3/c1-17-19-7-3-4-8-20(19)25-21(17)16-26(2)24(31)18-10-11-23(30)28(15-18)14-6-13-27-12-5-9-22(27)29/h3-4,7-8,18,25H,5-6,9-16H2,1-2H3. The fourth-order valence-corrected chi connectivity index (χ4v) is 4.85. The molecule has 7 nitrogen and oxygen atoms in total. The molecule has 3 amide bonds. The van der Waals surface area contributed by atoms with Crippen LogP contribution in [0.5, 0.6) is 0 Å². The molecule has 2 fully saturated rings. The molecule has 31 heavy (non-hydrogen) atoms. The zero-order valence-corrected chi connectivity index (χ0v) is 18.5. The number of likely N-dealkylation sites (tertiary alicyclic amines) is 2. The Bertz CT molecular complexity index is 982. The maximum atomic E-state index is 13.1. The molecule has 166 valence electrons. The number of hydrogen-bond acceptors (Lipinski definition) is 3. The minimum Gasteiger partial charge on any atom is -0.357 e. The van der Waals surface area contributed by atoms with Crippen LogP contribution in [0.4, 0.5) is 0 Å². The summed E-state index contributed by atoms with van der Waals surface area (Å²) >= 11 is 0. The van der Waals surface area contributed by atoms with Crippen LogP contribution < -0.4 is 0 Å². The minimum absolute atomic E-state index is 0.0882. The number of hydrogen-bond donors (Lipinski definition) is 1. The Balaban J connectivity index is 1.33. The Morgan fingerprint density at radius 2 is 1.87 bits per heavy atom. The number of carbonyl (C=O) groups is 3. The molecule has 3 heterocycles. The van der Waals surface area contributed by atoms with E-state index in [1.54, 1.807) is 4.90 Å². The van der Waals surface area contributed by atoms with Gasteiger partial charge in [0.1, 0.15) is 0 Å². The van der Waals surface area contributed by atoms with E-state index in [-0.39, 0.29) is 23.6 Å². The summed E-state index contributed by atoms with van der Waals surface area (Å²) in [5.74, 6) is 0.254. The molecule has 2 saturated heterocycles. The molecule has 1 aromatic heterocycles. The fraction of sp³-hybridized carbons (Fsp3) is 0.542. The maximum absolute atomic E-state index is 13.1. The van der Waals surface area contributed by atoms with Crippen LogP contribution in [-0.2, 0) is 20.9 Å². The molecule has 2 aliphatic rings. The van der Waals surface area contributed by atoms with E-state index in [1.165, 1.54) is 10.9 Å². The SMILES string of the molecule is Cc1c(CN(C)C(=O)C2CCC(=O)N(CCCN3CCCC3=O)C2)[nH]c2ccccc12. The Kier molecular flexibility index (Phi) is 6.30. The van der Waals surface area contributed by atoms with Crippen molar-refractivity contribution in [3.63, 3.8) is 0 Å². The van der Waals surface area contributed by atoms with Crippen LogP contribution in [0.25, 0.3) is 10.9 Å². The summed E-state index contributed by atoms with van der Waals surface area (Å²) in [5.41, 5.74) is 3.31. The molecule has 0 radical (unpaired) electrons. The molecule has 0 aliphatic carbocycles. The van der Waals surface area contributed by atoms with Gasteiger partial charge in [0.05, 0.1) is 12.5 Å². The van der Waals surface area contributed by atoms with Gasteiger partial charge >= 0.3 is 0 Å². The van der Waals surface area contributed by atoms with E-state index >= 15 is 0 Å². The highest BCUT2D eigenvalue weighted by Gasteiger charge is 2.32. The van der Waals surface area contributed by atoms with Crippen LogP contribution in [-0.4, -0.2) is 70.6 Å².